The van der Waals surface area contributed by atoms with E-state index in [-0.39, 0.29) is 5.82 Å². The Morgan fingerprint density at radius 1 is 1.06 bits per heavy atom. The molecule has 1 saturated heterocycles. The fourth-order valence-electron chi connectivity index (χ4n) is 3.96. The zero-order valence-corrected chi connectivity index (χ0v) is 20.1. The maximum Gasteiger partial charge on any atom is 0.189 e. The molecule has 0 bridgehead atoms. The van der Waals surface area contributed by atoms with Crippen LogP contribution >= 0.6 is 11.8 Å². The van der Waals surface area contributed by atoms with E-state index in [0.717, 1.165) is 55.2 Å². The topological polar surface area (TPSA) is 44.3 Å². The molecule has 31 heavy (non-hydrogen) atoms. The van der Waals surface area contributed by atoms with Gasteiger partial charge in [0.2, 0.25) is 0 Å². The third-order valence-corrected chi connectivity index (χ3v) is 6.40. The van der Waals surface area contributed by atoms with E-state index in [2.05, 4.69) is 40.9 Å². The van der Waals surface area contributed by atoms with E-state index >= 15 is 0 Å². The van der Waals surface area contributed by atoms with Crippen LogP contribution in [0.3, 0.4) is 0 Å². The van der Waals surface area contributed by atoms with Crippen molar-refractivity contribution in [3.8, 4) is 0 Å². The summed E-state index contributed by atoms with van der Waals surface area (Å²) in [6.07, 6.45) is 7.67. The van der Waals surface area contributed by atoms with Crippen molar-refractivity contribution in [2.45, 2.75) is 57.8 Å². The fraction of sp³-hybridized carbons (Fsp3) is 0.583. The first-order chi connectivity index (χ1) is 15.0. The minimum Gasteiger partial charge on any atom is -0.366 e. The molecule has 1 N–H and O–H groups in total. The van der Waals surface area contributed by atoms with Gasteiger partial charge in [-0.2, -0.15) is 0 Å². The number of nitrogens with zero attached hydrogens (tertiary/aromatic N) is 4. The molecular weight excluding hydrogens is 409 g/mol. The van der Waals surface area contributed by atoms with Crippen LogP contribution in [-0.2, 0) is 6.54 Å². The Morgan fingerprint density at radius 3 is 2.45 bits per heavy atom. The monoisotopic (exact) mass is 445 g/mol. The van der Waals surface area contributed by atoms with Crippen LogP contribution in [0.2, 0.25) is 0 Å². The lowest BCUT2D eigenvalue weighted by atomic mass is 10.0. The Hall–Kier alpha value is -1.86. The van der Waals surface area contributed by atoms with Crippen molar-refractivity contribution in [2.75, 3.05) is 42.2 Å². The van der Waals surface area contributed by atoms with E-state index in [1.54, 1.807) is 17.8 Å². The Balaban J connectivity index is 1.63. The summed E-state index contributed by atoms with van der Waals surface area (Å²) in [4.78, 5) is 13.8. The van der Waals surface area contributed by atoms with Gasteiger partial charge in [0.1, 0.15) is 11.6 Å². The maximum atomic E-state index is 14.2. The first-order valence-electron chi connectivity index (χ1n) is 11.4. The second kappa shape index (κ2) is 11.7. The Morgan fingerprint density at radius 2 is 1.77 bits per heavy atom. The zero-order chi connectivity index (χ0) is 22.2. The fourth-order valence-corrected chi connectivity index (χ4v) is 4.30. The molecule has 1 atom stereocenters. The van der Waals surface area contributed by atoms with Crippen LogP contribution in [0.1, 0.15) is 45.6 Å². The first-order valence-corrected chi connectivity index (χ1v) is 12.6. The number of para-hydroxylation sites is 1. The summed E-state index contributed by atoms with van der Waals surface area (Å²) in [5.74, 6) is 1.61. The molecule has 0 saturated carbocycles. The highest BCUT2D eigenvalue weighted by atomic mass is 32.2. The molecule has 5 nitrogen and oxygen atoms in total. The number of thioether (sulfide) groups is 1. The average molecular weight is 446 g/mol. The molecule has 3 rings (SSSR count). The Bertz CT molecular complexity index is 823. The highest BCUT2D eigenvalue weighted by Crippen LogP contribution is 2.25. The summed E-state index contributed by atoms with van der Waals surface area (Å²) in [6, 6.07) is 7.49. The van der Waals surface area contributed by atoms with Crippen LogP contribution < -0.4 is 15.1 Å². The second-order valence-electron chi connectivity index (χ2n) is 8.74. The Labute approximate surface area is 190 Å². The van der Waals surface area contributed by atoms with E-state index in [1.807, 2.05) is 24.6 Å². The molecule has 1 aliphatic heterocycles. The van der Waals surface area contributed by atoms with Gasteiger partial charge in [-0.25, -0.2) is 14.4 Å². The third-order valence-electron chi connectivity index (χ3n) is 5.83. The molecule has 1 aromatic carbocycles. The van der Waals surface area contributed by atoms with Gasteiger partial charge in [-0.15, -0.1) is 0 Å². The van der Waals surface area contributed by atoms with Crippen LogP contribution in [0.4, 0.5) is 15.9 Å². The van der Waals surface area contributed by atoms with Crippen molar-refractivity contribution in [3.63, 3.8) is 0 Å². The van der Waals surface area contributed by atoms with Crippen LogP contribution in [0.5, 0.6) is 0 Å². The van der Waals surface area contributed by atoms with Crippen molar-refractivity contribution in [1.82, 2.24) is 15.3 Å². The normalized spacial score (nSPS) is 15.5. The molecule has 0 unspecified atom stereocenters. The molecule has 2 aromatic rings. The lowest BCUT2D eigenvalue weighted by molar-refractivity contribution is 0.456. The molecule has 0 spiro atoms. The molecule has 170 valence electrons. The largest absolute Gasteiger partial charge is 0.366 e. The molecule has 1 aromatic heterocycles. The van der Waals surface area contributed by atoms with Crippen LogP contribution in [0.15, 0.2) is 35.6 Å². The summed E-state index contributed by atoms with van der Waals surface area (Å²) < 4.78 is 14.2. The third kappa shape index (κ3) is 6.81. The summed E-state index contributed by atoms with van der Waals surface area (Å²) in [7, 11) is 0. The number of aromatic nitrogens is 2. The summed E-state index contributed by atoms with van der Waals surface area (Å²) in [5, 5.41) is 4.45. The molecule has 1 fully saturated rings. The predicted molar refractivity (Wildman–Crippen MR) is 130 cm³/mol. The second-order valence-corrected chi connectivity index (χ2v) is 9.51. The van der Waals surface area contributed by atoms with Gasteiger partial charge >= 0.3 is 0 Å². The number of anilines is 2. The van der Waals surface area contributed by atoms with Crippen molar-refractivity contribution >= 4 is 23.3 Å². The molecule has 0 radical (unpaired) electrons. The first kappa shape index (κ1) is 23.8. The van der Waals surface area contributed by atoms with Gasteiger partial charge in [0.15, 0.2) is 5.16 Å². The lowest BCUT2D eigenvalue weighted by Crippen LogP contribution is -2.47. The van der Waals surface area contributed by atoms with Crippen molar-refractivity contribution in [3.05, 3.63) is 41.8 Å². The molecule has 7 heteroatoms. The summed E-state index contributed by atoms with van der Waals surface area (Å²) in [6.45, 7) is 10.8. The SMILES string of the molecule is CSc1ncc(CN[C@H](C)CCCC(C)C)c(N2CCN(c3ccccc3F)CC2)n1. The van der Waals surface area contributed by atoms with E-state index < -0.39 is 0 Å². The predicted octanol–water partition coefficient (Wildman–Crippen LogP) is 4.97. The molecule has 0 amide bonds. The van der Waals surface area contributed by atoms with E-state index in [1.165, 1.54) is 25.3 Å². The average Bonchev–Trinajstić information content (AvgIpc) is 2.78. The minimum atomic E-state index is -0.154. The van der Waals surface area contributed by atoms with E-state index in [4.69, 9.17) is 4.98 Å². The molecule has 1 aliphatic rings. The van der Waals surface area contributed by atoms with Crippen molar-refractivity contribution in [2.24, 2.45) is 5.92 Å². The number of halogens is 1. The van der Waals surface area contributed by atoms with Crippen LogP contribution in [0.25, 0.3) is 0 Å². The van der Waals surface area contributed by atoms with Gasteiger partial charge in [-0.3, -0.25) is 0 Å². The smallest absolute Gasteiger partial charge is 0.189 e. The number of hydrogen-bond donors (Lipinski definition) is 1. The van der Waals surface area contributed by atoms with Gasteiger partial charge in [0, 0.05) is 50.5 Å². The van der Waals surface area contributed by atoms with E-state index in [9.17, 15) is 4.39 Å². The number of nitrogens with one attached hydrogen (secondary N) is 1. The van der Waals surface area contributed by atoms with Gasteiger partial charge < -0.3 is 15.1 Å². The highest BCUT2D eigenvalue weighted by molar-refractivity contribution is 7.98. The molecule has 2 heterocycles. The number of rotatable bonds is 10. The number of piperazine rings is 1. The van der Waals surface area contributed by atoms with Gasteiger partial charge in [-0.05, 0) is 37.7 Å². The maximum absolute atomic E-state index is 14.2. The summed E-state index contributed by atoms with van der Waals surface area (Å²) >= 11 is 1.56. The van der Waals surface area contributed by atoms with Gasteiger partial charge in [-0.1, -0.05) is 50.6 Å². The molecular formula is C24H36FN5S. The van der Waals surface area contributed by atoms with Crippen molar-refractivity contribution in [1.29, 1.82) is 0 Å². The van der Waals surface area contributed by atoms with Crippen LogP contribution in [-0.4, -0.2) is 48.4 Å². The molecule has 0 aliphatic carbocycles. The lowest BCUT2D eigenvalue weighted by Gasteiger charge is -2.37. The quantitative estimate of drug-likeness (QED) is 0.412. The van der Waals surface area contributed by atoms with Gasteiger partial charge in [0.25, 0.3) is 0 Å². The standard InChI is InChI=1S/C24H36FN5S/c1-18(2)8-7-9-19(3)26-16-20-17-27-24(31-4)28-23(20)30-14-12-29(13-15-30)22-11-6-5-10-21(22)25/h5-6,10-11,17-19,26H,7-9,12-16H2,1-4H3/t19-/m1/s1. The number of hydrogen-bond acceptors (Lipinski definition) is 6. The van der Waals surface area contributed by atoms with Crippen LogP contribution in [0, 0.1) is 11.7 Å². The van der Waals surface area contributed by atoms with Gasteiger partial charge in [0.05, 0.1) is 5.69 Å². The Kier molecular flexibility index (Phi) is 8.96. The number of benzene rings is 1. The summed E-state index contributed by atoms with van der Waals surface area (Å²) in [5.41, 5.74) is 1.82. The van der Waals surface area contributed by atoms with Crippen molar-refractivity contribution < 1.29 is 4.39 Å². The minimum absolute atomic E-state index is 0.154. The zero-order valence-electron chi connectivity index (χ0n) is 19.3. The van der Waals surface area contributed by atoms with E-state index in [0.29, 0.717) is 11.7 Å². The highest BCUT2D eigenvalue weighted by Gasteiger charge is 2.23.